The van der Waals surface area contributed by atoms with Crippen molar-refractivity contribution in [1.29, 1.82) is 5.26 Å². The fourth-order valence-electron chi connectivity index (χ4n) is 2.72. The van der Waals surface area contributed by atoms with Crippen LogP contribution in [0.3, 0.4) is 0 Å². The Labute approximate surface area is 125 Å². The van der Waals surface area contributed by atoms with Gasteiger partial charge in [0.1, 0.15) is 0 Å². The predicted octanol–water partition coefficient (Wildman–Crippen LogP) is 1.79. The summed E-state index contributed by atoms with van der Waals surface area (Å²) < 4.78 is 27.2. The Morgan fingerprint density at radius 3 is 2.81 bits per heavy atom. The van der Waals surface area contributed by atoms with Crippen LogP contribution in [0.1, 0.15) is 36.8 Å². The molecule has 1 aliphatic rings. The van der Waals surface area contributed by atoms with Crippen molar-refractivity contribution in [3.05, 3.63) is 29.3 Å². The number of hydrogen-bond donors (Lipinski definition) is 1. The lowest BCUT2D eigenvalue weighted by Gasteiger charge is -2.28. The van der Waals surface area contributed by atoms with E-state index in [0.717, 1.165) is 19.3 Å². The van der Waals surface area contributed by atoms with Gasteiger partial charge in [-0.15, -0.1) is 0 Å². The van der Waals surface area contributed by atoms with Crippen molar-refractivity contribution in [2.24, 2.45) is 0 Å². The summed E-state index contributed by atoms with van der Waals surface area (Å²) in [6, 6.07) is 6.28. The third-order valence-corrected chi connectivity index (χ3v) is 6.03. The molecular formula is C15H20N2O3S. The average Bonchev–Trinajstić information content (AvgIpc) is 2.73. The number of nitrogens with zero attached hydrogens (tertiary/aromatic N) is 2. The molecule has 1 atom stereocenters. The standard InChI is InChI=1S/C15H20N2O3S/c1-12-6-7-13(10-16)9-15(12)21(19,20)17-8-4-2-3-5-14(17)11-18/h6-7,9,14,18H,2-5,8,11H2,1H3. The highest BCUT2D eigenvalue weighted by Gasteiger charge is 2.33. The molecule has 5 nitrogen and oxygen atoms in total. The molecule has 1 saturated heterocycles. The van der Waals surface area contributed by atoms with E-state index in [9.17, 15) is 13.5 Å². The molecule has 1 fully saturated rings. The minimum atomic E-state index is -3.69. The molecule has 0 radical (unpaired) electrons. The van der Waals surface area contributed by atoms with Gasteiger partial charge >= 0.3 is 0 Å². The van der Waals surface area contributed by atoms with Crippen LogP contribution >= 0.6 is 0 Å². The molecule has 1 aliphatic heterocycles. The Bertz CT molecular complexity index is 649. The summed E-state index contributed by atoms with van der Waals surface area (Å²) in [5.74, 6) is 0. The SMILES string of the molecule is Cc1ccc(C#N)cc1S(=O)(=O)N1CCCCCC1CO. The summed E-state index contributed by atoms with van der Waals surface area (Å²) in [5.41, 5.74) is 0.949. The Balaban J connectivity index is 2.47. The second kappa shape index (κ2) is 6.56. The highest BCUT2D eigenvalue weighted by Crippen LogP contribution is 2.27. The summed E-state index contributed by atoms with van der Waals surface area (Å²) in [6.45, 7) is 1.97. The van der Waals surface area contributed by atoms with Crippen molar-refractivity contribution in [1.82, 2.24) is 4.31 Å². The average molecular weight is 308 g/mol. The van der Waals surface area contributed by atoms with E-state index in [2.05, 4.69) is 0 Å². The van der Waals surface area contributed by atoms with E-state index in [1.165, 1.54) is 10.4 Å². The molecule has 1 heterocycles. The number of nitriles is 1. The Morgan fingerprint density at radius 2 is 2.14 bits per heavy atom. The zero-order valence-electron chi connectivity index (χ0n) is 12.1. The normalized spacial score (nSPS) is 20.7. The van der Waals surface area contributed by atoms with Crippen molar-refractivity contribution in [2.45, 2.75) is 43.5 Å². The number of hydrogen-bond acceptors (Lipinski definition) is 4. The molecule has 6 heteroatoms. The highest BCUT2D eigenvalue weighted by atomic mass is 32.2. The van der Waals surface area contributed by atoms with Gasteiger partial charge in [-0.25, -0.2) is 8.42 Å². The Morgan fingerprint density at radius 1 is 1.38 bits per heavy atom. The monoisotopic (exact) mass is 308 g/mol. The van der Waals surface area contributed by atoms with Gasteiger partial charge in [0.05, 0.1) is 23.1 Å². The topological polar surface area (TPSA) is 81.4 Å². The molecule has 114 valence electrons. The Hall–Kier alpha value is -1.42. The smallest absolute Gasteiger partial charge is 0.243 e. The van der Waals surface area contributed by atoms with Gasteiger partial charge < -0.3 is 5.11 Å². The molecule has 1 aromatic rings. The maximum atomic E-state index is 12.9. The van der Waals surface area contributed by atoms with Crippen molar-refractivity contribution in [3.8, 4) is 6.07 Å². The third kappa shape index (κ3) is 3.26. The highest BCUT2D eigenvalue weighted by molar-refractivity contribution is 7.89. The molecule has 0 aliphatic carbocycles. The lowest BCUT2D eigenvalue weighted by molar-refractivity contribution is 0.186. The largest absolute Gasteiger partial charge is 0.395 e. The summed E-state index contributed by atoms with van der Waals surface area (Å²) in [4.78, 5) is 0.168. The van der Waals surface area contributed by atoms with Crippen molar-refractivity contribution in [2.75, 3.05) is 13.2 Å². The Kier molecular flexibility index (Phi) is 4.99. The van der Waals surface area contributed by atoms with Gasteiger partial charge in [0, 0.05) is 12.6 Å². The fourth-order valence-corrected chi connectivity index (χ4v) is 4.66. The van der Waals surface area contributed by atoms with E-state index in [1.807, 2.05) is 6.07 Å². The first-order valence-corrected chi connectivity index (χ1v) is 8.58. The third-order valence-electron chi connectivity index (χ3n) is 3.94. The summed E-state index contributed by atoms with van der Waals surface area (Å²) in [7, 11) is -3.69. The first kappa shape index (κ1) is 16.0. The number of benzene rings is 1. The zero-order chi connectivity index (χ0) is 15.5. The van der Waals surface area contributed by atoms with Gasteiger partial charge in [0.25, 0.3) is 0 Å². The van der Waals surface area contributed by atoms with Crippen LogP contribution in [0, 0.1) is 18.3 Å². The lowest BCUT2D eigenvalue weighted by atomic mass is 10.1. The molecule has 1 unspecified atom stereocenters. The van der Waals surface area contributed by atoms with Crippen LogP contribution in [-0.2, 0) is 10.0 Å². The van der Waals surface area contributed by atoms with E-state index in [-0.39, 0.29) is 17.5 Å². The second-order valence-electron chi connectivity index (χ2n) is 5.39. The number of sulfonamides is 1. The molecule has 2 rings (SSSR count). The second-order valence-corrected chi connectivity index (χ2v) is 7.25. The molecule has 0 aromatic heterocycles. The molecule has 0 saturated carbocycles. The van der Waals surface area contributed by atoms with Crippen molar-refractivity contribution >= 4 is 10.0 Å². The van der Waals surface area contributed by atoms with Gasteiger partial charge in [-0.05, 0) is 37.5 Å². The maximum absolute atomic E-state index is 12.9. The van der Waals surface area contributed by atoms with Gasteiger partial charge in [0.2, 0.25) is 10.0 Å². The van der Waals surface area contributed by atoms with Crippen LogP contribution in [-0.4, -0.2) is 37.0 Å². The van der Waals surface area contributed by atoms with Gasteiger partial charge in [-0.1, -0.05) is 18.9 Å². The fraction of sp³-hybridized carbons (Fsp3) is 0.533. The molecule has 0 bridgehead atoms. The number of rotatable bonds is 3. The van der Waals surface area contributed by atoms with Crippen LogP contribution in [0.15, 0.2) is 23.1 Å². The number of aliphatic hydroxyl groups excluding tert-OH is 1. The van der Waals surface area contributed by atoms with E-state index in [4.69, 9.17) is 5.26 Å². The molecule has 1 aromatic carbocycles. The summed E-state index contributed by atoms with van der Waals surface area (Å²) in [5, 5.41) is 18.5. The van der Waals surface area contributed by atoms with Crippen molar-refractivity contribution in [3.63, 3.8) is 0 Å². The minimum Gasteiger partial charge on any atom is -0.395 e. The van der Waals surface area contributed by atoms with Crippen LogP contribution in [0.5, 0.6) is 0 Å². The van der Waals surface area contributed by atoms with E-state index >= 15 is 0 Å². The van der Waals surface area contributed by atoms with Crippen molar-refractivity contribution < 1.29 is 13.5 Å². The summed E-state index contributed by atoms with van der Waals surface area (Å²) >= 11 is 0. The van der Waals surface area contributed by atoms with Crippen LogP contribution in [0.4, 0.5) is 0 Å². The first-order valence-electron chi connectivity index (χ1n) is 7.14. The summed E-state index contributed by atoms with van der Waals surface area (Å²) in [6.07, 6.45) is 3.37. The molecular weight excluding hydrogens is 288 g/mol. The van der Waals surface area contributed by atoms with Gasteiger partial charge in [-0.3, -0.25) is 0 Å². The van der Waals surface area contributed by atoms with Gasteiger partial charge in [-0.2, -0.15) is 9.57 Å². The van der Waals surface area contributed by atoms with Crippen LogP contribution in [0.25, 0.3) is 0 Å². The van der Waals surface area contributed by atoms with Crippen LogP contribution in [0.2, 0.25) is 0 Å². The molecule has 0 amide bonds. The molecule has 21 heavy (non-hydrogen) atoms. The zero-order valence-corrected chi connectivity index (χ0v) is 12.9. The lowest BCUT2D eigenvalue weighted by Crippen LogP contribution is -2.42. The first-order chi connectivity index (χ1) is 10.0. The maximum Gasteiger partial charge on any atom is 0.243 e. The molecule has 1 N–H and O–H groups in total. The predicted molar refractivity (Wildman–Crippen MR) is 79.1 cm³/mol. The number of aryl methyl sites for hydroxylation is 1. The molecule has 0 spiro atoms. The van der Waals surface area contributed by atoms with E-state index in [1.54, 1.807) is 19.1 Å². The van der Waals surface area contributed by atoms with E-state index in [0.29, 0.717) is 24.1 Å². The van der Waals surface area contributed by atoms with E-state index < -0.39 is 10.0 Å². The van der Waals surface area contributed by atoms with Gasteiger partial charge in [0.15, 0.2) is 0 Å². The minimum absolute atomic E-state index is 0.168. The van der Waals surface area contributed by atoms with Crippen LogP contribution < -0.4 is 0 Å². The quantitative estimate of drug-likeness (QED) is 0.923. The number of aliphatic hydroxyl groups is 1.